The van der Waals surface area contributed by atoms with Gasteiger partial charge in [0.25, 0.3) is 0 Å². The third kappa shape index (κ3) is 3.50. The second kappa shape index (κ2) is 5.35. The van der Waals surface area contributed by atoms with Gasteiger partial charge in [-0.25, -0.2) is 13.1 Å². The molecule has 0 radical (unpaired) electrons. The van der Waals surface area contributed by atoms with Crippen molar-refractivity contribution in [1.82, 2.24) is 4.72 Å². The lowest BCUT2D eigenvalue weighted by Gasteiger charge is -2.37. The van der Waals surface area contributed by atoms with Gasteiger partial charge in [0, 0.05) is 0 Å². The average Bonchev–Trinajstić information content (AvgIpc) is 2.26. The van der Waals surface area contributed by atoms with Crippen LogP contribution in [-0.2, 0) is 10.0 Å². The maximum absolute atomic E-state index is 12.5. The molecule has 0 fully saturated rings. The summed E-state index contributed by atoms with van der Waals surface area (Å²) in [6.45, 7) is 8.19. The molecule has 1 aromatic carbocycles. The molecule has 6 heteroatoms. The van der Waals surface area contributed by atoms with E-state index in [2.05, 4.69) is 4.72 Å². The molecule has 0 aliphatic rings. The number of hydrogen-bond acceptors (Lipinski definition) is 4. The Kier molecular flexibility index (Phi) is 4.53. The molecule has 0 aromatic heterocycles. The van der Waals surface area contributed by atoms with E-state index in [1.165, 1.54) is 7.11 Å². The Hall–Kier alpha value is -1.11. The molecule has 0 spiro atoms. The minimum atomic E-state index is -3.80. The van der Waals surface area contributed by atoms with Crippen molar-refractivity contribution in [2.75, 3.05) is 7.11 Å². The standard InChI is InChI=1S/C14H23NO4S/c1-10-7-8-11(19-6)12(9-10)20(17,18)15-13(2,3)14(4,5)16/h7-9,15-16H,1-6H3. The maximum Gasteiger partial charge on any atom is 0.244 e. The highest BCUT2D eigenvalue weighted by atomic mass is 32.2. The lowest BCUT2D eigenvalue weighted by Crippen LogP contribution is -2.57. The fourth-order valence-electron chi connectivity index (χ4n) is 1.51. The number of benzene rings is 1. The molecule has 0 saturated carbocycles. The summed E-state index contributed by atoms with van der Waals surface area (Å²) in [5.41, 5.74) is -1.43. The molecule has 0 atom stereocenters. The molecular weight excluding hydrogens is 278 g/mol. The van der Waals surface area contributed by atoms with Crippen molar-refractivity contribution in [2.24, 2.45) is 0 Å². The minimum Gasteiger partial charge on any atom is -0.495 e. The van der Waals surface area contributed by atoms with Crippen molar-refractivity contribution in [3.05, 3.63) is 23.8 Å². The molecule has 0 saturated heterocycles. The van der Waals surface area contributed by atoms with Crippen LogP contribution in [-0.4, -0.2) is 31.8 Å². The minimum absolute atomic E-state index is 0.0670. The zero-order chi connectivity index (χ0) is 15.8. The Labute approximate surface area is 121 Å². The smallest absolute Gasteiger partial charge is 0.244 e. The summed E-state index contributed by atoms with van der Waals surface area (Å²) in [5, 5.41) is 10.1. The molecule has 0 amide bonds. The first-order valence-corrected chi connectivity index (χ1v) is 7.80. The SMILES string of the molecule is COc1ccc(C)cc1S(=O)(=O)NC(C)(C)C(C)(C)O. The summed E-state index contributed by atoms with van der Waals surface area (Å²) in [6.07, 6.45) is 0. The van der Waals surface area contributed by atoms with Crippen molar-refractivity contribution in [1.29, 1.82) is 0 Å². The van der Waals surface area contributed by atoms with E-state index in [-0.39, 0.29) is 10.6 Å². The molecule has 114 valence electrons. The van der Waals surface area contributed by atoms with Gasteiger partial charge in [-0.3, -0.25) is 0 Å². The maximum atomic E-state index is 12.5. The van der Waals surface area contributed by atoms with Crippen LogP contribution in [0.3, 0.4) is 0 Å². The van der Waals surface area contributed by atoms with Crippen LogP contribution in [0, 0.1) is 6.92 Å². The van der Waals surface area contributed by atoms with E-state index in [0.717, 1.165) is 5.56 Å². The van der Waals surface area contributed by atoms with Gasteiger partial charge in [-0.15, -0.1) is 0 Å². The highest BCUT2D eigenvalue weighted by Gasteiger charge is 2.39. The van der Waals surface area contributed by atoms with Crippen LogP contribution < -0.4 is 9.46 Å². The monoisotopic (exact) mass is 301 g/mol. The summed E-state index contributed by atoms with van der Waals surface area (Å²) in [6, 6.07) is 4.93. The fourth-order valence-corrected chi connectivity index (χ4v) is 3.30. The predicted octanol–water partition coefficient (Wildman–Crippen LogP) is 1.83. The number of rotatable bonds is 5. The third-order valence-corrected chi connectivity index (χ3v) is 5.20. The number of aryl methyl sites for hydroxylation is 1. The summed E-state index contributed by atoms with van der Waals surface area (Å²) in [5.74, 6) is 0.273. The topological polar surface area (TPSA) is 75.6 Å². The molecule has 5 nitrogen and oxygen atoms in total. The molecule has 0 unspecified atom stereocenters. The first-order valence-electron chi connectivity index (χ1n) is 6.32. The normalized spacial score (nSPS) is 13.3. The number of nitrogens with one attached hydrogen (secondary N) is 1. The summed E-state index contributed by atoms with van der Waals surface area (Å²) in [4.78, 5) is 0.0670. The molecule has 0 aliphatic carbocycles. The van der Waals surface area contributed by atoms with E-state index in [4.69, 9.17) is 4.74 Å². The molecular formula is C14H23NO4S. The van der Waals surface area contributed by atoms with Gasteiger partial charge in [-0.2, -0.15) is 0 Å². The van der Waals surface area contributed by atoms with Crippen molar-refractivity contribution in [3.63, 3.8) is 0 Å². The van der Waals surface area contributed by atoms with Gasteiger partial charge >= 0.3 is 0 Å². The van der Waals surface area contributed by atoms with Gasteiger partial charge in [0.15, 0.2) is 0 Å². The molecule has 2 N–H and O–H groups in total. The zero-order valence-electron chi connectivity index (χ0n) is 12.8. The van der Waals surface area contributed by atoms with Crippen molar-refractivity contribution in [2.45, 2.75) is 50.7 Å². The van der Waals surface area contributed by atoms with Gasteiger partial charge in [-0.1, -0.05) is 6.07 Å². The highest BCUT2D eigenvalue weighted by molar-refractivity contribution is 7.89. The Bertz CT molecular complexity index is 586. The van der Waals surface area contributed by atoms with Crippen molar-refractivity contribution >= 4 is 10.0 Å². The molecule has 0 bridgehead atoms. The zero-order valence-corrected chi connectivity index (χ0v) is 13.6. The van der Waals surface area contributed by atoms with Gasteiger partial charge in [0.2, 0.25) is 10.0 Å². The van der Waals surface area contributed by atoms with Crippen molar-refractivity contribution < 1.29 is 18.3 Å². The van der Waals surface area contributed by atoms with Crippen LogP contribution in [0.15, 0.2) is 23.1 Å². The lowest BCUT2D eigenvalue weighted by molar-refractivity contribution is 0.00637. The van der Waals surface area contributed by atoms with E-state index in [9.17, 15) is 13.5 Å². The number of sulfonamides is 1. The van der Waals surface area contributed by atoms with Crippen LogP contribution in [0.4, 0.5) is 0 Å². The molecule has 1 aromatic rings. The van der Waals surface area contributed by atoms with E-state index in [1.54, 1.807) is 52.8 Å². The fraction of sp³-hybridized carbons (Fsp3) is 0.571. The molecule has 1 rings (SSSR count). The lowest BCUT2D eigenvalue weighted by atomic mass is 9.87. The summed E-state index contributed by atoms with van der Waals surface area (Å²) in [7, 11) is -2.38. The Morgan fingerprint density at radius 2 is 1.75 bits per heavy atom. The van der Waals surface area contributed by atoms with Crippen LogP contribution in [0.2, 0.25) is 0 Å². The van der Waals surface area contributed by atoms with Gasteiger partial charge < -0.3 is 9.84 Å². The van der Waals surface area contributed by atoms with Crippen LogP contribution >= 0.6 is 0 Å². The van der Waals surface area contributed by atoms with E-state index < -0.39 is 21.2 Å². The van der Waals surface area contributed by atoms with E-state index in [0.29, 0.717) is 0 Å². The van der Waals surface area contributed by atoms with Gasteiger partial charge in [-0.05, 0) is 52.3 Å². The van der Waals surface area contributed by atoms with Crippen LogP contribution in [0.25, 0.3) is 0 Å². The number of methoxy groups -OCH3 is 1. The van der Waals surface area contributed by atoms with Gasteiger partial charge in [0.05, 0.1) is 18.2 Å². The Morgan fingerprint density at radius 3 is 2.20 bits per heavy atom. The van der Waals surface area contributed by atoms with Crippen LogP contribution in [0.5, 0.6) is 5.75 Å². The second-order valence-corrected chi connectivity index (χ2v) is 7.59. The van der Waals surface area contributed by atoms with E-state index in [1.807, 2.05) is 0 Å². The number of aliphatic hydroxyl groups is 1. The highest BCUT2D eigenvalue weighted by Crippen LogP contribution is 2.28. The summed E-state index contributed by atoms with van der Waals surface area (Å²) >= 11 is 0. The van der Waals surface area contributed by atoms with Crippen molar-refractivity contribution in [3.8, 4) is 5.75 Å². The number of hydrogen-bond donors (Lipinski definition) is 2. The summed E-state index contributed by atoms with van der Waals surface area (Å²) < 4.78 is 32.7. The molecule has 0 heterocycles. The Balaban J connectivity index is 3.29. The van der Waals surface area contributed by atoms with Gasteiger partial charge in [0.1, 0.15) is 10.6 Å². The quantitative estimate of drug-likeness (QED) is 0.870. The van der Waals surface area contributed by atoms with Crippen LogP contribution in [0.1, 0.15) is 33.3 Å². The Morgan fingerprint density at radius 1 is 1.20 bits per heavy atom. The first kappa shape index (κ1) is 16.9. The number of ether oxygens (including phenoxy) is 1. The second-order valence-electron chi connectivity index (χ2n) is 5.94. The molecule has 0 aliphatic heterocycles. The third-order valence-electron chi connectivity index (χ3n) is 3.53. The largest absolute Gasteiger partial charge is 0.495 e. The molecule has 20 heavy (non-hydrogen) atoms. The van der Waals surface area contributed by atoms with E-state index >= 15 is 0 Å². The predicted molar refractivity (Wildman–Crippen MR) is 78.4 cm³/mol. The average molecular weight is 301 g/mol. The first-order chi connectivity index (χ1) is 8.90.